The minimum Gasteiger partial charge on any atom is -0.481 e. The Morgan fingerprint density at radius 3 is 3.10 bits per heavy atom. The van der Waals surface area contributed by atoms with Crippen molar-refractivity contribution in [1.29, 1.82) is 0 Å². The van der Waals surface area contributed by atoms with Crippen LogP contribution in [0.3, 0.4) is 0 Å². The highest BCUT2D eigenvalue weighted by Crippen LogP contribution is 2.26. The van der Waals surface area contributed by atoms with Crippen LogP contribution in [0.25, 0.3) is 0 Å². The van der Waals surface area contributed by atoms with Crippen molar-refractivity contribution in [2.24, 2.45) is 11.8 Å². The van der Waals surface area contributed by atoms with Gasteiger partial charge >= 0.3 is 12.0 Å². The maximum atomic E-state index is 12.1. The minimum atomic E-state index is -0.783. The van der Waals surface area contributed by atoms with Crippen molar-refractivity contribution in [1.82, 2.24) is 15.4 Å². The van der Waals surface area contributed by atoms with E-state index in [1.54, 1.807) is 11.0 Å². The molecule has 1 fully saturated rings. The number of likely N-dealkylation sites (tertiary alicyclic amines) is 1. The first-order valence-corrected chi connectivity index (χ1v) is 7.20. The van der Waals surface area contributed by atoms with E-state index in [0.29, 0.717) is 25.4 Å². The van der Waals surface area contributed by atoms with E-state index in [1.165, 1.54) is 6.20 Å². The van der Waals surface area contributed by atoms with Gasteiger partial charge < -0.3 is 19.8 Å². The van der Waals surface area contributed by atoms with Crippen LogP contribution in [0, 0.1) is 11.8 Å². The van der Waals surface area contributed by atoms with Gasteiger partial charge in [0.15, 0.2) is 5.76 Å². The third-order valence-electron chi connectivity index (χ3n) is 3.95. The van der Waals surface area contributed by atoms with Crippen LogP contribution < -0.4 is 5.32 Å². The van der Waals surface area contributed by atoms with Crippen LogP contribution in [-0.2, 0) is 11.3 Å². The number of urea groups is 1. The number of amides is 2. The lowest BCUT2D eigenvalue weighted by Gasteiger charge is -2.35. The second kappa shape index (κ2) is 7.10. The summed E-state index contributed by atoms with van der Waals surface area (Å²) in [5, 5.41) is 15.2. The Morgan fingerprint density at radius 2 is 2.43 bits per heavy atom. The predicted octanol–water partition coefficient (Wildman–Crippen LogP) is 1.71. The number of hydrogen-bond donors (Lipinski definition) is 2. The van der Waals surface area contributed by atoms with Crippen molar-refractivity contribution in [3.63, 3.8) is 0 Å². The van der Waals surface area contributed by atoms with Crippen molar-refractivity contribution in [2.45, 2.75) is 32.7 Å². The molecule has 2 rings (SSSR count). The standard InChI is InChI=1S/C14H21N3O4/c1-10(7-13(18)19)11-3-2-6-17(9-11)14(20)15-8-12-4-5-16-21-12/h4-5,10-11H,2-3,6-9H2,1H3,(H,15,20)(H,18,19). The number of carbonyl (C=O) groups excluding carboxylic acids is 1. The fourth-order valence-corrected chi connectivity index (χ4v) is 2.71. The summed E-state index contributed by atoms with van der Waals surface area (Å²) in [5.41, 5.74) is 0. The van der Waals surface area contributed by atoms with E-state index in [2.05, 4.69) is 10.5 Å². The largest absolute Gasteiger partial charge is 0.481 e. The van der Waals surface area contributed by atoms with Crippen LogP contribution >= 0.6 is 0 Å². The monoisotopic (exact) mass is 295 g/mol. The van der Waals surface area contributed by atoms with Gasteiger partial charge in [0.05, 0.1) is 12.7 Å². The van der Waals surface area contributed by atoms with Gasteiger partial charge in [-0.3, -0.25) is 4.79 Å². The summed E-state index contributed by atoms with van der Waals surface area (Å²) in [5.74, 6) is 0.142. The van der Waals surface area contributed by atoms with Crippen LogP contribution in [0.5, 0.6) is 0 Å². The third kappa shape index (κ3) is 4.47. The number of aliphatic carboxylic acids is 1. The van der Waals surface area contributed by atoms with Crippen molar-refractivity contribution >= 4 is 12.0 Å². The number of nitrogens with zero attached hydrogens (tertiary/aromatic N) is 2. The Kier molecular flexibility index (Phi) is 5.19. The van der Waals surface area contributed by atoms with Gasteiger partial charge in [0.2, 0.25) is 0 Å². The molecule has 0 saturated carbocycles. The molecule has 1 aromatic heterocycles. The first-order chi connectivity index (χ1) is 10.1. The van der Waals surface area contributed by atoms with Crippen molar-refractivity contribution < 1.29 is 19.2 Å². The zero-order valence-corrected chi connectivity index (χ0v) is 12.1. The summed E-state index contributed by atoms with van der Waals surface area (Å²) < 4.78 is 4.93. The zero-order chi connectivity index (χ0) is 15.2. The molecule has 0 spiro atoms. The fraction of sp³-hybridized carbons (Fsp3) is 0.643. The van der Waals surface area contributed by atoms with Gasteiger partial charge in [-0.2, -0.15) is 0 Å². The van der Waals surface area contributed by atoms with Crippen LogP contribution in [0.15, 0.2) is 16.8 Å². The molecule has 0 radical (unpaired) electrons. The summed E-state index contributed by atoms with van der Waals surface area (Å²) in [7, 11) is 0. The van der Waals surface area contributed by atoms with Gasteiger partial charge in [0.25, 0.3) is 0 Å². The van der Waals surface area contributed by atoms with Crippen LogP contribution in [0.2, 0.25) is 0 Å². The number of nitrogens with one attached hydrogen (secondary N) is 1. The number of hydrogen-bond acceptors (Lipinski definition) is 4. The van der Waals surface area contributed by atoms with Gasteiger partial charge in [-0.1, -0.05) is 12.1 Å². The van der Waals surface area contributed by atoms with E-state index in [9.17, 15) is 9.59 Å². The van der Waals surface area contributed by atoms with Gasteiger partial charge in [-0.25, -0.2) is 4.79 Å². The quantitative estimate of drug-likeness (QED) is 0.862. The molecule has 1 saturated heterocycles. The predicted molar refractivity (Wildman–Crippen MR) is 74.5 cm³/mol. The Hall–Kier alpha value is -2.05. The lowest BCUT2D eigenvalue weighted by molar-refractivity contribution is -0.138. The Morgan fingerprint density at radius 1 is 1.62 bits per heavy atom. The fourth-order valence-electron chi connectivity index (χ4n) is 2.71. The van der Waals surface area contributed by atoms with Gasteiger partial charge in [0.1, 0.15) is 0 Å². The topological polar surface area (TPSA) is 95.7 Å². The molecule has 7 nitrogen and oxygen atoms in total. The molecule has 1 aliphatic rings. The summed E-state index contributed by atoms with van der Waals surface area (Å²) in [6.07, 6.45) is 3.56. The second-order valence-electron chi connectivity index (χ2n) is 5.56. The number of carboxylic acid groups (broad SMARTS) is 1. The smallest absolute Gasteiger partial charge is 0.317 e. The highest BCUT2D eigenvalue weighted by atomic mass is 16.5. The molecule has 7 heteroatoms. The van der Waals surface area contributed by atoms with E-state index in [-0.39, 0.29) is 24.3 Å². The molecule has 2 amide bonds. The molecule has 0 aliphatic carbocycles. The highest BCUT2D eigenvalue weighted by molar-refractivity contribution is 5.74. The first kappa shape index (κ1) is 15.3. The van der Waals surface area contributed by atoms with Crippen molar-refractivity contribution in [3.05, 3.63) is 18.0 Å². The molecule has 2 unspecified atom stereocenters. The third-order valence-corrected chi connectivity index (χ3v) is 3.95. The average molecular weight is 295 g/mol. The van der Waals surface area contributed by atoms with Gasteiger partial charge in [0, 0.05) is 25.6 Å². The summed E-state index contributed by atoms with van der Waals surface area (Å²) in [6.45, 7) is 3.56. The molecule has 0 bridgehead atoms. The van der Waals surface area contributed by atoms with Crippen LogP contribution in [-0.4, -0.2) is 40.3 Å². The normalized spacial score (nSPS) is 20.0. The van der Waals surface area contributed by atoms with Crippen LogP contribution in [0.1, 0.15) is 31.9 Å². The van der Waals surface area contributed by atoms with E-state index < -0.39 is 5.97 Å². The lowest BCUT2D eigenvalue weighted by Crippen LogP contribution is -2.46. The molecule has 116 valence electrons. The number of rotatable bonds is 5. The Bertz CT molecular complexity index is 475. The molecule has 2 N–H and O–H groups in total. The summed E-state index contributed by atoms with van der Waals surface area (Å²) >= 11 is 0. The van der Waals surface area contributed by atoms with E-state index >= 15 is 0 Å². The lowest BCUT2D eigenvalue weighted by atomic mass is 9.85. The Balaban J connectivity index is 1.82. The molecule has 2 atom stereocenters. The van der Waals surface area contributed by atoms with Crippen molar-refractivity contribution in [2.75, 3.05) is 13.1 Å². The summed E-state index contributed by atoms with van der Waals surface area (Å²) in [4.78, 5) is 24.7. The van der Waals surface area contributed by atoms with Gasteiger partial charge in [-0.05, 0) is 24.7 Å². The maximum Gasteiger partial charge on any atom is 0.317 e. The first-order valence-electron chi connectivity index (χ1n) is 7.20. The number of carboxylic acids is 1. The maximum absolute atomic E-state index is 12.1. The highest BCUT2D eigenvalue weighted by Gasteiger charge is 2.28. The van der Waals surface area contributed by atoms with E-state index in [1.807, 2.05) is 6.92 Å². The van der Waals surface area contributed by atoms with Crippen LogP contribution in [0.4, 0.5) is 4.79 Å². The number of piperidine rings is 1. The van der Waals surface area contributed by atoms with Crippen molar-refractivity contribution in [3.8, 4) is 0 Å². The Labute approximate surface area is 123 Å². The molecule has 1 aliphatic heterocycles. The molecule has 21 heavy (non-hydrogen) atoms. The molecule has 1 aromatic rings. The molecule has 2 heterocycles. The SMILES string of the molecule is CC(CC(=O)O)C1CCCN(C(=O)NCc2ccno2)C1. The molecular weight excluding hydrogens is 274 g/mol. The molecular formula is C14H21N3O4. The average Bonchev–Trinajstić information content (AvgIpc) is 2.97. The summed E-state index contributed by atoms with van der Waals surface area (Å²) in [6, 6.07) is 1.56. The van der Waals surface area contributed by atoms with E-state index in [0.717, 1.165) is 12.8 Å². The zero-order valence-electron chi connectivity index (χ0n) is 12.1. The minimum absolute atomic E-state index is 0.0763. The number of aromatic nitrogens is 1. The second-order valence-corrected chi connectivity index (χ2v) is 5.56. The molecule has 0 aromatic carbocycles. The van der Waals surface area contributed by atoms with Gasteiger partial charge in [-0.15, -0.1) is 0 Å². The van der Waals surface area contributed by atoms with E-state index in [4.69, 9.17) is 9.63 Å². The number of carbonyl (C=O) groups is 2.